The summed E-state index contributed by atoms with van der Waals surface area (Å²) in [6.45, 7) is 7.35. The minimum absolute atomic E-state index is 0.0248. The van der Waals surface area contributed by atoms with Gasteiger partial charge in [-0.1, -0.05) is 6.92 Å². The number of likely N-dealkylation sites (N-methyl/N-ethyl adjacent to an activating group) is 1. The van der Waals surface area contributed by atoms with Crippen molar-refractivity contribution in [1.82, 2.24) is 4.90 Å². The van der Waals surface area contributed by atoms with E-state index in [1.54, 1.807) is 6.92 Å². The van der Waals surface area contributed by atoms with E-state index >= 15 is 0 Å². The Morgan fingerprint density at radius 2 is 2.08 bits per heavy atom. The summed E-state index contributed by atoms with van der Waals surface area (Å²) in [7, 11) is 2.00. The van der Waals surface area contributed by atoms with Gasteiger partial charge in [0.25, 0.3) is 0 Å². The Balaban J connectivity index is 4.11. The Hall–Kier alpha value is -0.120. The second-order valence-corrected chi connectivity index (χ2v) is 3.78. The first kappa shape index (κ1) is 11.9. The summed E-state index contributed by atoms with van der Waals surface area (Å²) in [5, 5.41) is 9.19. The van der Waals surface area contributed by atoms with E-state index < -0.39 is 0 Å². The van der Waals surface area contributed by atoms with Gasteiger partial charge in [0, 0.05) is 18.6 Å². The number of nitrogens with two attached hydrogens (primary N) is 1. The van der Waals surface area contributed by atoms with Gasteiger partial charge in [-0.15, -0.1) is 0 Å². The summed E-state index contributed by atoms with van der Waals surface area (Å²) in [4.78, 5) is 2.12. The molecule has 0 rings (SSSR count). The standard InChI is InChI=1S/C9H22N2O/c1-5-9(3,7-10)11(4)6-8(2)12/h8,12H,5-7,10H2,1-4H3. The number of β-amino-alcohol motifs (C(OH)–C–C–N with tert-alkyl or cyclic N) is 1. The first-order valence-electron chi connectivity index (χ1n) is 4.55. The van der Waals surface area contributed by atoms with Crippen LogP contribution in [0.1, 0.15) is 27.2 Å². The molecule has 2 atom stereocenters. The Morgan fingerprint density at radius 1 is 1.58 bits per heavy atom. The van der Waals surface area contributed by atoms with E-state index in [-0.39, 0.29) is 11.6 Å². The van der Waals surface area contributed by atoms with Crippen LogP contribution in [0, 0.1) is 0 Å². The highest BCUT2D eigenvalue weighted by atomic mass is 16.3. The zero-order valence-corrected chi connectivity index (χ0v) is 8.67. The second-order valence-electron chi connectivity index (χ2n) is 3.78. The lowest BCUT2D eigenvalue weighted by molar-refractivity contribution is 0.0726. The van der Waals surface area contributed by atoms with Crippen LogP contribution in [-0.4, -0.2) is 41.8 Å². The highest BCUT2D eigenvalue weighted by Gasteiger charge is 2.25. The predicted octanol–water partition coefficient (Wildman–Crippen LogP) is 0.426. The maximum atomic E-state index is 9.19. The maximum absolute atomic E-state index is 9.19. The smallest absolute Gasteiger partial charge is 0.0639 e. The van der Waals surface area contributed by atoms with E-state index in [9.17, 15) is 5.11 Å². The topological polar surface area (TPSA) is 49.5 Å². The van der Waals surface area contributed by atoms with Crippen LogP contribution in [0.2, 0.25) is 0 Å². The van der Waals surface area contributed by atoms with E-state index in [0.29, 0.717) is 13.1 Å². The summed E-state index contributed by atoms with van der Waals surface area (Å²) < 4.78 is 0. The third-order valence-electron chi connectivity index (χ3n) is 2.66. The number of rotatable bonds is 5. The van der Waals surface area contributed by atoms with Gasteiger partial charge in [-0.05, 0) is 27.3 Å². The minimum Gasteiger partial charge on any atom is -0.392 e. The van der Waals surface area contributed by atoms with Gasteiger partial charge in [-0.3, -0.25) is 4.90 Å². The van der Waals surface area contributed by atoms with Crippen molar-refractivity contribution in [3.63, 3.8) is 0 Å². The Labute approximate surface area is 75.6 Å². The van der Waals surface area contributed by atoms with E-state index in [2.05, 4.69) is 18.7 Å². The summed E-state index contributed by atoms with van der Waals surface area (Å²) in [6, 6.07) is 0. The number of nitrogens with zero attached hydrogens (tertiary/aromatic N) is 1. The monoisotopic (exact) mass is 174 g/mol. The summed E-state index contributed by atoms with van der Waals surface area (Å²) in [5.41, 5.74) is 5.70. The summed E-state index contributed by atoms with van der Waals surface area (Å²) in [6.07, 6.45) is 0.722. The molecule has 0 saturated carbocycles. The lowest BCUT2D eigenvalue weighted by Crippen LogP contribution is -2.51. The molecule has 74 valence electrons. The van der Waals surface area contributed by atoms with Gasteiger partial charge in [0.15, 0.2) is 0 Å². The fourth-order valence-corrected chi connectivity index (χ4v) is 1.19. The average molecular weight is 174 g/mol. The Kier molecular flexibility index (Phi) is 4.75. The molecule has 0 aromatic heterocycles. The molecule has 3 nitrogen and oxygen atoms in total. The Morgan fingerprint density at radius 3 is 2.33 bits per heavy atom. The lowest BCUT2D eigenvalue weighted by atomic mass is 9.97. The highest BCUT2D eigenvalue weighted by Crippen LogP contribution is 2.15. The van der Waals surface area contributed by atoms with Gasteiger partial charge >= 0.3 is 0 Å². The molecule has 0 radical (unpaired) electrons. The van der Waals surface area contributed by atoms with Crippen molar-refractivity contribution in [3.05, 3.63) is 0 Å². The van der Waals surface area contributed by atoms with Crippen molar-refractivity contribution in [3.8, 4) is 0 Å². The molecule has 0 aliphatic carbocycles. The van der Waals surface area contributed by atoms with Crippen LogP contribution < -0.4 is 5.73 Å². The first-order chi connectivity index (χ1) is 5.46. The largest absolute Gasteiger partial charge is 0.392 e. The molecule has 3 heteroatoms. The van der Waals surface area contributed by atoms with Crippen LogP contribution in [0.3, 0.4) is 0 Å². The molecular weight excluding hydrogens is 152 g/mol. The second kappa shape index (κ2) is 4.80. The third kappa shape index (κ3) is 3.09. The van der Waals surface area contributed by atoms with Crippen molar-refractivity contribution >= 4 is 0 Å². The van der Waals surface area contributed by atoms with Gasteiger partial charge in [0.05, 0.1) is 6.10 Å². The molecular formula is C9H22N2O. The van der Waals surface area contributed by atoms with Crippen molar-refractivity contribution in [1.29, 1.82) is 0 Å². The van der Waals surface area contributed by atoms with Crippen LogP contribution in [-0.2, 0) is 0 Å². The average Bonchev–Trinajstić information content (AvgIpc) is 2.02. The van der Waals surface area contributed by atoms with E-state index in [4.69, 9.17) is 5.73 Å². The van der Waals surface area contributed by atoms with Crippen LogP contribution in [0.5, 0.6) is 0 Å². The predicted molar refractivity (Wildman–Crippen MR) is 52.1 cm³/mol. The normalized spacial score (nSPS) is 19.2. The van der Waals surface area contributed by atoms with Gasteiger partial charge < -0.3 is 10.8 Å². The maximum Gasteiger partial charge on any atom is 0.0639 e. The molecule has 0 amide bonds. The fourth-order valence-electron chi connectivity index (χ4n) is 1.19. The lowest BCUT2D eigenvalue weighted by Gasteiger charge is -2.37. The molecule has 0 aromatic carbocycles. The van der Waals surface area contributed by atoms with Crippen molar-refractivity contribution in [2.75, 3.05) is 20.1 Å². The molecule has 0 heterocycles. The molecule has 0 fully saturated rings. The molecule has 0 saturated heterocycles. The first-order valence-corrected chi connectivity index (χ1v) is 4.55. The van der Waals surface area contributed by atoms with Crippen molar-refractivity contribution in [2.24, 2.45) is 5.73 Å². The number of hydrogen-bond acceptors (Lipinski definition) is 3. The summed E-state index contributed by atoms with van der Waals surface area (Å²) >= 11 is 0. The zero-order valence-electron chi connectivity index (χ0n) is 8.67. The van der Waals surface area contributed by atoms with Crippen LogP contribution >= 0.6 is 0 Å². The van der Waals surface area contributed by atoms with Crippen LogP contribution in [0.15, 0.2) is 0 Å². The molecule has 3 N–H and O–H groups in total. The van der Waals surface area contributed by atoms with Crippen LogP contribution in [0.25, 0.3) is 0 Å². The molecule has 0 aromatic rings. The third-order valence-corrected chi connectivity index (χ3v) is 2.66. The van der Waals surface area contributed by atoms with Gasteiger partial charge in [0.1, 0.15) is 0 Å². The molecule has 2 unspecified atom stereocenters. The van der Waals surface area contributed by atoms with E-state index in [0.717, 1.165) is 6.42 Å². The van der Waals surface area contributed by atoms with Crippen LogP contribution in [0.4, 0.5) is 0 Å². The number of hydrogen-bond donors (Lipinski definition) is 2. The zero-order chi connectivity index (χ0) is 9.78. The molecule has 0 bridgehead atoms. The SMILES string of the molecule is CCC(C)(CN)N(C)CC(C)O. The van der Waals surface area contributed by atoms with Gasteiger partial charge in [0.2, 0.25) is 0 Å². The fraction of sp³-hybridized carbons (Fsp3) is 1.00. The summed E-state index contributed by atoms with van der Waals surface area (Å²) in [5.74, 6) is 0. The molecule has 0 spiro atoms. The number of aliphatic hydroxyl groups excluding tert-OH is 1. The van der Waals surface area contributed by atoms with Gasteiger partial charge in [-0.25, -0.2) is 0 Å². The van der Waals surface area contributed by atoms with Crippen molar-refractivity contribution < 1.29 is 5.11 Å². The van der Waals surface area contributed by atoms with E-state index in [1.807, 2.05) is 7.05 Å². The highest BCUT2D eigenvalue weighted by molar-refractivity contribution is 4.84. The Bertz CT molecular complexity index is 122. The molecule has 12 heavy (non-hydrogen) atoms. The van der Waals surface area contributed by atoms with E-state index in [1.165, 1.54) is 0 Å². The molecule has 0 aliphatic heterocycles. The van der Waals surface area contributed by atoms with Gasteiger partial charge in [-0.2, -0.15) is 0 Å². The number of aliphatic hydroxyl groups is 1. The molecule has 0 aliphatic rings. The van der Waals surface area contributed by atoms with Crippen molar-refractivity contribution in [2.45, 2.75) is 38.8 Å². The minimum atomic E-state index is -0.285. The quantitative estimate of drug-likeness (QED) is 0.635.